The van der Waals surface area contributed by atoms with Gasteiger partial charge < -0.3 is 9.73 Å². The number of furan rings is 1. The number of non-ortho nitro benzene ring substituents is 1. The minimum absolute atomic E-state index is 0.123. The highest BCUT2D eigenvalue weighted by atomic mass is 35.5. The fourth-order valence-corrected chi connectivity index (χ4v) is 2.60. The Morgan fingerprint density at radius 2 is 1.92 bits per heavy atom. The average Bonchev–Trinajstić information content (AvgIpc) is 3.09. The largest absolute Gasteiger partial charge is 0.451 e. The van der Waals surface area contributed by atoms with Crippen molar-refractivity contribution in [1.29, 1.82) is 0 Å². The van der Waals surface area contributed by atoms with Crippen LogP contribution in [0.4, 0.5) is 15.8 Å². The fourth-order valence-electron chi connectivity index (χ4n) is 2.21. The molecular weight excluding hydrogens is 386 g/mol. The first kappa shape index (κ1) is 17.9. The van der Waals surface area contributed by atoms with E-state index in [1.807, 2.05) is 0 Å². The van der Waals surface area contributed by atoms with Crippen molar-refractivity contribution in [2.75, 3.05) is 5.32 Å². The van der Waals surface area contributed by atoms with Crippen LogP contribution in [0.25, 0.3) is 11.3 Å². The summed E-state index contributed by atoms with van der Waals surface area (Å²) in [5.74, 6) is -1.41. The van der Waals surface area contributed by atoms with E-state index in [4.69, 9.17) is 27.6 Å². The zero-order chi connectivity index (χ0) is 18.8. The van der Waals surface area contributed by atoms with Crippen LogP contribution in [0.15, 0.2) is 52.9 Å². The van der Waals surface area contributed by atoms with Gasteiger partial charge in [0.1, 0.15) is 11.6 Å². The highest BCUT2D eigenvalue weighted by molar-refractivity contribution is 6.43. The molecule has 0 fully saturated rings. The van der Waals surface area contributed by atoms with Gasteiger partial charge >= 0.3 is 0 Å². The summed E-state index contributed by atoms with van der Waals surface area (Å²) in [5.41, 5.74) is -0.199. The van der Waals surface area contributed by atoms with Gasteiger partial charge in [-0.15, -0.1) is 0 Å². The Labute approximate surface area is 156 Å². The highest BCUT2D eigenvalue weighted by Crippen LogP contribution is 2.34. The zero-order valence-electron chi connectivity index (χ0n) is 12.8. The second-order valence-corrected chi connectivity index (χ2v) is 5.93. The normalized spacial score (nSPS) is 10.6. The van der Waals surface area contributed by atoms with Crippen molar-refractivity contribution in [2.45, 2.75) is 0 Å². The van der Waals surface area contributed by atoms with Crippen LogP contribution in [-0.2, 0) is 0 Å². The summed E-state index contributed by atoms with van der Waals surface area (Å²) in [5, 5.41) is 13.6. The van der Waals surface area contributed by atoms with Crippen molar-refractivity contribution in [3.05, 3.63) is 80.3 Å². The van der Waals surface area contributed by atoms with Gasteiger partial charge in [0.05, 0.1) is 20.7 Å². The third kappa shape index (κ3) is 3.54. The summed E-state index contributed by atoms with van der Waals surface area (Å²) < 4.78 is 19.2. The van der Waals surface area contributed by atoms with Crippen molar-refractivity contribution >= 4 is 40.5 Å². The lowest BCUT2D eigenvalue weighted by Gasteiger charge is -2.05. The fraction of sp³-hybridized carbons (Fsp3) is 0. The summed E-state index contributed by atoms with van der Waals surface area (Å²) in [4.78, 5) is 22.3. The Morgan fingerprint density at radius 1 is 1.15 bits per heavy atom. The molecule has 132 valence electrons. The Hall–Kier alpha value is -2.90. The molecule has 1 heterocycles. The number of carbonyl (C=O) groups excluding carboxylic acids is 1. The van der Waals surface area contributed by atoms with Gasteiger partial charge in [-0.25, -0.2) is 4.39 Å². The molecule has 0 bridgehead atoms. The third-order valence-electron chi connectivity index (χ3n) is 3.46. The van der Waals surface area contributed by atoms with Crippen LogP contribution in [0.1, 0.15) is 10.6 Å². The Kier molecular flexibility index (Phi) is 4.92. The summed E-state index contributed by atoms with van der Waals surface area (Å²) in [6.07, 6.45) is 0. The van der Waals surface area contributed by atoms with Gasteiger partial charge in [-0.05, 0) is 30.3 Å². The lowest BCUT2D eigenvalue weighted by atomic mass is 10.2. The number of amides is 1. The van der Waals surface area contributed by atoms with Gasteiger partial charge in [-0.2, -0.15) is 0 Å². The molecule has 3 rings (SSSR count). The lowest BCUT2D eigenvalue weighted by Crippen LogP contribution is -2.12. The van der Waals surface area contributed by atoms with Gasteiger partial charge in [-0.1, -0.05) is 29.3 Å². The monoisotopic (exact) mass is 394 g/mol. The first-order valence-corrected chi connectivity index (χ1v) is 7.92. The van der Waals surface area contributed by atoms with Crippen LogP contribution in [0.5, 0.6) is 0 Å². The standard InChI is InChI=1S/C17H9Cl2FN2O4/c18-11-3-1-2-10(16(11)19)14-6-7-15(26-14)17(23)21-13-8-9(22(24)25)4-5-12(13)20/h1-8H,(H,21,23). The van der Waals surface area contributed by atoms with Gasteiger partial charge in [0.25, 0.3) is 11.6 Å². The van der Waals surface area contributed by atoms with Crippen molar-refractivity contribution in [3.63, 3.8) is 0 Å². The molecule has 1 aromatic heterocycles. The molecule has 0 spiro atoms. The second-order valence-electron chi connectivity index (χ2n) is 5.14. The van der Waals surface area contributed by atoms with E-state index in [9.17, 15) is 19.3 Å². The van der Waals surface area contributed by atoms with Gasteiger partial charge in [0, 0.05) is 17.7 Å². The van der Waals surface area contributed by atoms with E-state index in [-0.39, 0.29) is 22.2 Å². The minimum atomic E-state index is -0.811. The molecule has 0 radical (unpaired) electrons. The predicted octanol–water partition coefficient (Wildman–Crippen LogP) is 5.55. The zero-order valence-corrected chi connectivity index (χ0v) is 14.3. The molecule has 0 aliphatic heterocycles. The maximum absolute atomic E-state index is 13.8. The molecule has 0 unspecified atom stereocenters. The predicted molar refractivity (Wildman–Crippen MR) is 95.2 cm³/mol. The molecule has 0 saturated carbocycles. The van der Waals surface area contributed by atoms with Crippen LogP contribution in [0.3, 0.4) is 0 Å². The summed E-state index contributed by atoms with van der Waals surface area (Å²) >= 11 is 12.1. The number of hydrogen-bond donors (Lipinski definition) is 1. The van der Waals surface area contributed by atoms with Crippen molar-refractivity contribution < 1.29 is 18.5 Å². The van der Waals surface area contributed by atoms with Gasteiger partial charge in [-0.3, -0.25) is 14.9 Å². The molecule has 26 heavy (non-hydrogen) atoms. The first-order valence-electron chi connectivity index (χ1n) is 7.16. The van der Waals surface area contributed by atoms with Crippen LogP contribution >= 0.6 is 23.2 Å². The highest BCUT2D eigenvalue weighted by Gasteiger charge is 2.18. The van der Waals surface area contributed by atoms with Gasteiger partial charge in [0.15, 0.2) is 5.76 Å². The molecule has 2 aromatic carbocycles. The van der Waals surface area contributed by atoms with E-state index in [0.717, 1.165) is 18.2 Å². The first-order chi connectivity index (χ1) is 12.4. The smallest absolute Gasteiger partial charge is 0.291 e. The maximum atomic E-state index is 13.8. The van der Waals surface area contributed by atoms with Crippen LogP contribution in [0.2, 0.25) is 10.0 Å². The van der Waals surface area contributed by atoms with Crippen molar-refractivity contribution in [1.82, 2.24) is 0 Å². The molecule has 1 amide bonds. The molecule has 0 aliphatic carbocycles. The van der Waals surface area contributed by atoms with E-state index in [0.29, 0.717) is 16.3 Å². The molecule has 0 atom stereocenters. The maximum Gasteiger partial charge on any atom is 0.291 e. The Balaban J connectivity index is 1.86. The van der Waals surface area contributed by atoms with Crippen molar-refractivity contribution in [3.8, 4) is 11.3 Å². The summed E-state index contributed by atoms with van der Waals surface area (Å²) in [6, 6.07) is 10.6. The van der Waals surface area contributed by atoms with Crippen LogP contribution in [-0.4, -0.2) is 10.8 Å². The van der Waals surface area contributed by atoms with E-state index in [2.05, 4.69) is 5.32 Å². The number of nitro benzene ring substituents is 1. The Bertz CT molecular complexity index is 1020. The number of anilines is 1. The van der Waals surface area contributed by atoms with E-state index in [1.54, 1.807) is 18.2 Å². The van der Waals surface area contributed by atoms with E-state index >= 15 is 0 Å². The molecule has 3 aromatic rings. The summed E-state index contributed by atoms with van der Waals surface area (Å²) in [7, 11) is 0. The minimum Gasteiger partial charge on any atom is -0.451 e. The number of benzene rings is 2. The molecule has 0 saturated heterocycles. The number of nitrogens with zero attached hydrogens (tertiary/aromatic N) is 1. The number of rotatable bonds is 4. The number of nitro groups is 1. The molecule has 9 heteroatoms. The van der Waals surface area contributed by atoms with Crippen molar-refractivity contribution in [2.24, 2.45) is 0 Å². The number of hydrogen-bond acceptors (Lipinski definition) is 4. The summed E-state index contributed by atoms with van der Waals surface area (Å²) in [6.45, 7) is 0. The SMILES string of the molecule is O=C(Nc1cc([N+](=O)[O-])ccc1F)c1ccc(-c2cccc(Cl)c2Cl)o1. The lowest BCUT2D eigenvalue weighted by molar-refractivity contribution is -0.384. The van der Waals surface area contributed by atoms with Gasteiger partial charge in [0.2, 0.25) is 0 Å². The number of nitrogens with one attached hydrogen (secondary N) is 1. The number of carbonyl (C=O) groups is 1. The molecular formula is C17H9Cl2FN2O4. The molecule has 6 nitrogen and oxygen atoms in total. The van der Waals surface area contributed by atoms with Crippen LogP contribution < -0.4 is 5.32 Å². The second kappa shape index (κ2) is 7.15. The van der Waals surface area contributed by atoms with E-state index < -0.39 is 16.6 Å². The topological polar surface area (TPSA) is 85.4 Å². The average molecular weight is 395 g/mol. The molecule has 1 N–H and O–H groups in total. The van der Waals surface area contributed by atoms with E-state index in [1.165, 1.54) is 12.1 Å². The molecule has 0 aliphatic rings. The quantitative estimate of drug-likeness (QED) is 0.463. The third-order valence-corrected chi connectivity index (χ3v) is 4.27. The van der Waals surface area contributed by atoms with Crippen LogP contribution in [0, 0.1) is 15.9 Å². The number of halogens is 3. The Morgan fingerprint density at radius 3 is 2.65 bits per heavy atom.